The lowest BCUT2D eigenvalue weighted by Crippen LogP contribution is -2.39. The van der Waals surface area contributed by atoms with Crippen molar-refractivity contribution in [2.45, 2.75) is 20.3 Å². The van der Waals surface area contributed by atoms with Crippen LogP contribution in [0.1, 0.15) is 27.2 Å². The van der Waals surface area contributed by atoms with Gasteiger partial charge in [-0.3, -0.25) is 9.59 Å². The molecule has 0 radical (unpaired) electrons. The van der Waals surface area contributed by atoms with Gasteiger partial charge in [0.15, 0.2) is 6.61 Å². The molecule has 0 bridgehead atoms. The Kier molecular flexibility index (Phi) is 5.93. The molecule has 1 aromatic carbocycles. The Labute approximate surface area is 158 Å². The van der Waals surface area contributed by atoms with Crippen LogP contribution in [0, 0.1) is 13.8 Å². The summed E-state index contributed by atoms with van der Waals surface area (Å²) in [5, 5.41) is 1.91. The van der Waals surface area contributed by atoms with E-state index in [0.29, 0.717) is 31.9 Å². The Hall–Kier alpha value is -2.34. The van der Waals surface area contributed by atoms with Crippen molar-refractivity contribution in [2.24, 2.45) is 0 Å². The monoisotopic (exact) mass is 372 g/mol. The SMILES string of the molecule is Cc1ccc(OCC(=O)N2CCCN(C(=O)c3cccs3)CC2)cc1C. The molecule has 5 nitrogen and oxygen atoms in total. The summed E-state index contributed by atoms with van der Waals surface area (Å²) in [6.07, 6.45) is 0.784. The molecule has 2 amide bonds. The zero-order valence-corrected chi connectivity index (χ0v) is 16.1. The maximum Gasteiger partial charge on any atom is 0.263 e. The topological polar surface area (TPSA) is 49.9 Å². The molecule has 0 atom stereocenters. The number of thiophene rings is 1. The van der Waals surface area contributed by atoms with Gasteiger partial charge in [-0.1, -0.05) is 12.1 Å². The first-order valence-electron chi connectivity index (χ1n) is 8.85. The second-order valence-corrected chi connectivity index (χ2v) is 7.49. The van der Waals surface area contributed by atoms with Crippen molar-refractivity contribution in [1.82, 2.24) is 9.80 Å². The van der Waals surface area contributed by atoms with E-state index in [1.807, 2.05) is 54.5 Å². The van der Waals surface area contributed by atoms with Gasteiger partial charge >= 0.3 is 0 Å². The van der Waals surface area contributed by atoms with E-state index in [0.717, 1.165) is 16.9 Å². The van der Waals surface area contributed by atoms with E-state index in [1.54, 1.807) is 4.90 Å². The third-order valence-electron chi connectivity index (χ3n) is 4.71. The molecule has 0 N–H and O–H groups in total. The molecular weight excluding hydrogens is 348 g/mol. The Morgan fingerprint density at radius 3 is 2.54 bits per heavy atom. The molecule has 1 fully saturated rings. The Morgan fingerprint density at radius 2 is 1.81 bits per heavy atom. The van der Waals surface area contributed by atoms with Gasteiger partial charge in [0.1, 0.15) is 5.75 Å². The number of nitrogens with zero attached hydrogens (tertiary/aromatic N) is 2. The fraction of sp³-hybridized carbons (Fsp3) is 0.400. The third kappa shape index (κ3) is 4.43. The highest BCUT2D eigenvalue weighted by atomic mass is 32.1. The second-order valence-electron chi connectivity index (χ2n) is 6.54. The van der Waals surface area contributed by atoms with Gasteiger partial charge < -0.3 is 14.5 Å². The minimum atomic E-state index is -0.0337. The third-order valence-corrected chi connectivity index (χ3v) is 5.57. The molecule has 1 aromatic heterocycles. The number of aryl methyl sites for hydroxylation is 2. The first-order chi connectivity index (χ1) is 12.5. The smallest absolute Gasteiger partial charge is 0.263 e. The van der Waals surface area contributed by atoms with Crippen LogP contribution in [0.15, 0.2) is 35.7 Å². The molecule has 138 valence electrons. The molecule has 0 unspecified atom stereocenters. The minimum Gasteiger partial charge on any atom is -0.484 e. The largest absolute Gasteiger partial charge is 0.484 e. The second kappa shape index (κ2) is 8.36. The maximum absolute atomic E-state index is 12.5. The van der Waals surface area contributed by atoms with E-state index in [-0.39, 0.29) is 18.4 Å². The summed E-state index contributed by atoms with van der Waals surface area (Å²) in [6.45, 7) is 6.55. The average molecular weight is 372 g/mol. The van der Waals surface area contributed by atoms with E-state index in [2.05, 4.69) is 0 Å². The molecule has 6 heteroatoms. The van der Waals surface area contributed by atoms with Crippen LogP contribution < -0.4 is 4.74 Å². The van der Waals surface area contributed by atoms with Crippen molar-refractivity contribution in [2.75, 3.05) is 32.8 Å². The van der Waals surface area contributed by atoms with Crippen LogP contribution in [0.4, 0.5) is 0 Å². The molecule has 26 heavy (non-hydrogen) atoms. The number of carbonyl (C=O) groups is 2. The molecule has 0 saturated carbocycles. The minimum absolute atomic E-state index is 0.0291. The standard InChI is InChI=1S/C20H24N2O3S/c1-15-6-7-17(13-16(15)2)25-14-19(23)21-8-4-9-22(11-10-21)20(24)18-5-3-12-26-18/h3,5-7,12-13H,4,8-11,14H2,1-2H3. The summed E-state index contributed by atoms with van der Waals surface area (Å²) < 4.78 is 5.66. The quantitative estimate of drug-likeness (QED) is 0.829. The number of carbonyl (C=O) groups excluding carboxylic acids is 2. The highest BCUT2D eigenvalue weighted by Crippen LogP contribution is 2.17. The zero-order chi connectivity index (χ0) is 18.5. The van der Waals surface area contributed by atoms with Crippen molar-refractivity contribution in [3.8, 4) is 5.75 Å². The van der Waals surface area contributed by atoms with E-state index in [4.69, 9.17) is 4.74 Å². The van der Waals surface area contributed by atoms with E-state index in [9.17, 15) is 9.59 Å². The Balaban J connectivity index is 1.52. The van der Waals surface area contributed by atoms with Gasteiger partial charge in [-0.05, 0) is 55.0 Å². The van der Waals surface area contributed by atoms with Crippen molar-refractivity contribution >= 4 is 23.2 Å². The van der Waals surface area contributed by atoms with Gasteiger partial charge in [0.2, 0.25) is 0 Å². The van der Waals surface area contributed by atoms with Gasteiger partial charge in [-0.2, -0.15) is 0 Å². The number of benzene rings is 1. The van der Waals surface area contributed by atoms with Gasteiger partial charge in [0.25, 0.3) is 11.8 Å². The summed E-state index contributed by atoms with van der Waals surface area (Å²) in [5.41, 5.74) is 2.35. The summed E-state index contributed by atoms with van der Waals surface area (Å²) in [6, 6.07) is 9.56. The highest BCUT2D eigenvalue weighted by molar-refractivity contribution is 7.12. The highest BCUT2D eigenvalue weighted by Gasteiger charge is 2.23. The van der Waals surface area contributed by atoms with Crippen LogP contribution in [0.3, 0.4) is 0 Å². The molecule has 1 saturated heterocycles. The van der Waals surface area contributed by atoms with Crippen LogP contribution in [-0.2, 0) is 4.79 Å². The molecule has 0 aliphatic carbocycles. The normalized spacial score (nSPS) is 14.8. The van der Waals surface area contributed by atoms with Gasteiger partial charge in [-0.25, -0.2) is 0 Å². The van der Waals surface area contributed by atoms with Crippen molar-refractivity contribution in [1.29, 1.82) is 0 Å². The first-order valence-corrected chi connectivity index (χ1v) is 9.73. The first kappa shape index (κ1) is 18.5. The number of amides is 2. The number of hydrogen-bond donors (Lipinski definition) is 0. The van der Waals surface area contributed by atoms with E-state index in [1.165, 1.54) is 16.9 Å². The van der Waals surface area contributed by atoms with Crippen LogP contribution >= 0.6 is 11.3 Å². The summed E-state index contributed by atoms with van der Waals surface area (Å²) in [5.74, 6) is 0.736. The van der Waals surface area contributed by atoms with Crippen molar-refractivity contribution < 1.29 is 14.3 Å². The lowest BCUT2D eigenvalue weighted by molar-refractivity contribution is -0.133. The lowest BCUT2D eigenvalue weighted by Gasteiger charge is -2.22. The maximum atomic E-state index is 12.5. The van der Waals surface area contributed by atoms with Crippen LogP contribution in [0.2, 0.25) is 0 Å². The fourth-order valence-electron chi connectivity index (χ4n) is 2.97. The van der Waals surface area contributed by atoms with Crippen LogP contribution in [-0.4, -0.2) is 54.4 Å². The molecule has 2 aromatic rings. The van der Waals surface area contributed by atoms with Gasteiger partial charge in [-0.15, -0.1) is 11.3 Å². The predicted molar refractivity (Wildman–Crippen MR) is 103 cm³/mol. The summed E-state index contributed by atoms with van der Waals surface area (Å²) >= 11 is 1.45. The van der Waals surface area contributed by atoms with Crippen LogP contribution in [0.25, 0.3) is 0 Å². The summed E-state index contributed by atoms with van der Waals surface area (Å²) in [7, 11) is 0. The van der Waals surface area contributed by atoms with Crippen molar-refractivity contribution in [3.63, 3.8) is 0 Å². The number of rotatable bonds is 4. The Morgan fingerprint density at radius 1 is 1.04 bits per heavy atom. The molecule has 1 aliphatic rings. The molecule has 0 spiro atoms. The summed E-state index contributed by atoms with van der Waals surface area (Å²) in [4.78, 5) is 29.3. The Bertz CT molecular complexity index is 773. The molecular formula is C20H24N2O3S. The number of hydrogen-bond acceptors (Lipinski definition) is 4. The molecule has 3 rings (SSSR count). The zero-order valence-electron chi connectivity index (χ0n) is 15.2. The molecule has 1 aliphatic heterocycles. The van der Waals surface area contributed by atoms with Crippen LogP contribution in [0.5, 0.6) is 5.75 Å². The predicted octanol–water partition coefficient (Wildman–Crippen LogP) is 3.12. The van der Waals surface area contributed by atoms with Gasteiger partial charge in [0, 0.05) is 26.2 Å². The average Bonchev–Trinajstić information content (AvgIpc) is 3.06. The number of ether oxygens (including phenoxy) is 1. The van der Waals surface area contributed by atoms with Gasteiger partial charge in [0.05, 0.1) is 4.88 Å². The molecule has 2 heterocycles. The van der Waals surface area contributed by atoms with E-state index < -0.39 is 0 Å². The van der Waals surface area contributed by atoms with E-state index >= 15 is 0 Å². The van der Waals surface area contributed by atoms with Crippen molar-refractivity contribution in [3.05, 3.63) is 51.7 Å². The lowest BCUT2D eigenvalue weighted by atomic mass is 10.1. The fourth-order valence-corrected chi connectivity index (χ4v) is 3.66.